The number of carboxylic acids is 1. The second-order valence-electron chi connectivity index (χ2n) is 9.84. The zero-order valence-electron chi connectivity index (χ0n) is 21.9. The number of carboxylic acid groups (broad SMARTS) is 1. The Kier molecular flexibility index (Phi) is 9.00. The van der Waals surface area contributed by atoms with Gasteiger partial charge in [0, 0.05) is 47.6 Å². The van der Waals surface area contributed by atoms with Gasteiger partial charge in [0.2, 0.25) is 0 Å². The number of fused-ring (bicyclic) bond motifs is 1. The monoisotopic (exact) mass is 507 g/mol. The van der Waals surface area contributed by atoms with Crippen molar-refractivity contribution in [1.29, 1.82) is 0 Å². The first kappa shape index (κ1) is 26.8. The summed E-state index contributed by atoms with van der Waals surface area (Å²) in [6.07, 6.45) is 4.19. The van der Waals surface area contributed by atoms with Gasteiger partial charge in [-0.05, 0) is 60.2 Å². The first-order valence-corrected chi connectivity index (χ1v) is 13.0. The van der Waals surface area contributed by atoms with E-state index in [0.717, 1.165) is 17.3 Å². The summed E-state index contributed by atoms with van der Waals surface area (Å²) >= 11 is 0. The minimum atomic E-state index is -0.821. The number of carbonyl (C=O) groups is 2. The molecule has 0 saturated carbocycles. The summed E-state index contributed by atoms with van der Waals surface area (Å²) in [6.45, 7) is 5.26. The van der Waals surface area contributed by atoms with E-state index in [1.54, 1.807) is 24.3 Å². The normalized spacial score (nSPS) is 10.8. The lowest BCUT2D eigenvalue weighted by molar-refractivity contribution is -0.137. The number of hydrogen-bond donors (Lipinski definition) is 1. The van der Waals surface area contributed by atoms with Gasteiger partial charge in [0.1, 0.15) is 12.4 Å². The number of benzene rings is 3. The number of carbonyl (C=O) groups excluding carboxylic acids is 1. The van der Waals surface area contributed by atoms with E-state index in [9.17, 15) is 9.59 Å². The van der Waals surface area contributed by atoms with Gasteiger partial charge in [-0.2, -0.15) is 0 Å². The van der Waals surface area contributed by atoms with Gasteiger partial charge in [0.25, 0.3) is 0 Å². The Labute approximate surface area is 224 Å². The summed E-state index contributed by atoms with van der Waals surface area (Å²) < 4.78 is 7.71. The minimum Gasteiger partial charge on any atom is -0.481 e. The number of rotatable bonds is 11. The van der Waals surface area contributed by atoms with Crippen LogP contribution in [-0.2, 0) is 24.2 Å². The molecule has 1 N–H and O–H groups in total. The number of hydrogen-bond acceptors (Lipinski definition) is 3. The SMILES string of the molecule is CC(C)Cc1ccc(CC#CCOc2ccc(C(=O)c3cn(CCCC(=O)O)c4ccccc34)cc2)cc1. The van der Waals surface area contributed by atoms with Gasteiger partial charge < -0.3 is 14.4 Å². The fourth-order valence-corrected chi connectivity index (χ4v) is 4.47. The Bertz CT molecular complexity index is 1450. The molecule has 0 amide bonds. The molecule has 0 aliphatic heterocycles. The predicted octanol–water partition coefficient (Wildman–Crippen LogP) is 6.56. The van der Waals surface area contributed by atoms with E-state index >= 15 is 0 Å². The maximum Gasteiger partial charge on any atom is 0.303 e. The average molecular weight is 508 g/mol. The van der Waals surface area contributed by atoms with Crippen LogP contribution in [0.4, 0.5) is 0 Å². The van der Waals surface area contributed by atoms with E-state index in [1.807, 2.05) is 35.0 Å². The molecule has 4 rings (SSSR count). The summed E-state index contributed by atoms with van der Waals surface area (Å²) in [5.41, 5.74) is 4.64. The highest BCUT2D eigenvalue weighted by Gasteiger charge is 2.17. The molecule has 1 aromatic heterocycles. The topological polar surface area (TPSA) is 68.5 Å². The number of ether oxygens (including phenoxy) is 1. The van der Waals surface area contributed by atoms with Crippen LogP contribution in [0.1, 0.15) is 53.7 Å². The fourth-order valence-electron chi connectivity index (χ4n) is 4.47. The van der Waals surface area contributed by atoms with E-state index in [4.69, 9.17) is 9.84 Å². The highest BCUT2D eigenvalue weighted by Crippen LogP contribution is 2.25. The molecule has 1 heterocycles. The molecular weight excluding hydrogens is 474 g/mol. The van der Waals surface area contributed by atoms with Crippen molar-refractivity contribution in [2.75, 3.05) is 6.61 Å². The average Bonchev–Trinajstić information content (AvgIpc) is 3.27. The third-order valence-corrected chi connectivity index (χ3v) is 6.33. The molecular formula is C33H33NO4. The molecule has 4 aromatic rings. The van der Waals surface area contributed by atoms with Gasteiger partial charge in [-0.3, -0.25) is 9.59 Å². The lowest BCUT2D eigenvalue weighted by Gasteiger charge is -2.05. The predicted molar refractivity (Wildman–Crippen MR) is 151 cm³/mol. The van der Waals surface area contributed by atoms with Gasteiger partial charge in [0.15, 0.2) is 5.78 Å². The lowest BCUT2D eigenvalue weighted by Crippen LogP contribution is -2.02. The molecule has 38 heavy (non-hydrogen) atoms. The molecule has 0 spiro atoms. The Balaban J connectivity index is 1.34. The zero-order valence-corrected chi connectivity index (χ0v) is 21.9. The van der Waals surface area contributed by atoms with Crippen molar-refractivity contribution >= 4 is 22.7 Å². The molecule has 0 aliphatic carbocycles. The Morgan fingerprint density at radius 1 is 0.921 bits per heavy atom. The third-order valence-electron chi connectivity index (χ3n) is 6.33. The van der Waals surface area contributed by atoms with Gasteiger partial charge in [-0.15, -0.1) is 0 Å². The van der Waals surface area contributed by atoms with Gasteiger partial charge in [-0.1, -0.05) is 68.2 Å². The van der Waals surface area contributed by atoms with Crippen molar-refractivity contribution in [3.05, 3.63) is 101 Å². The van der Waals surface area contributed by atoms with Crippen LogP contribution in [0.15, 0.2) is 79.0 Å². The van der Waals surface area contributed by atoms with Crippen molar-refractivity contribution < 1.29 is 19.4 Å². The summed E-state index contributed by atoms with van der Waals surface area (Å²) in [7, 11) is 0. The maximum atomic E-state index is 13.3. The number of ketones is 1. The van der Waals surface area contributed by atoms with Crippen molar-refractivity contribution in [3.8, 4) is 17.6 Å². The molecule has 0 aliphatic rings. The molecule has 5 nitrogen and oxygen atoms in total. The van der Waals surface area contributed by atoms with Crippen LogP contribution in [0.3, 0.4) is 0 Å². The van der Waals surface area contributed by atoms with Crippen molar-refractivity contribution in [2.24, 2.45) is 5.92 Å². The van der Waals surface area contributed by atoms with Crippen LogP contribution in [0.2, 0.25) is 0 Å². The summed E-state index contributed by atoms with van der Waals surface area (Å²) in [6, 6.07) is 23.4. The number of para-hydroxylation sites is 1. The van der Waals surface area contributed by atoms with Crippen LogP contribution in [0.5, 0.6) is 5.75 Å². The van der Waals surface area contributed by atoms with E-state index in [1.165, 1.54) is 11.1 Å². The van der Waals surface area contributed by atoms with E-state index in [2.05, 4.69) is 50.0 Å². The number of aliphatic carboxylic acids is 1. The van der Waals surface area contributed by atoms with Gasteiger partial charge in [-0.25, -0.2) is 0 Å². The van der Waals surface area contributed by atoms with Crippen LogP contribution in [0, 0.1) is 17.8 Å². The lowest BCUT2D eigenvalue weighted by atomic mass is 10.0. The van der Waals surface area contributed by atoms with Crippen LogP contribution >= 0.6 is 0 Å². The van der Waals surface area contributed by atoms with Crippen molar-refractivity contribution in [3.63, 3.8) is 0 Å². The molecule has 0 bridgehead atoms. The minimum absolute atomic E-state index is 0.0797. The summed E-state index contributed by atoms with van der Waals surface area (Å²) in [5.74, 6) is 6.62. The van der Waals surface area contributed by atoms with E-state index < -0.39 is 5.97 Å². The number of aryl methyl sites for hydroxylation is 1. The molecule has 194 valence electrons. The van der Waals surface area contributed by atoms with Crippen LogP contribution in [0.25, 0.3) is 10.9 Å². The maximum absolute atomic E-state index is 13.3. The second kappa shape index (κ2) is 12.8. The molecule has 0 unspecified atom stereocenters. The molecule has 0 saturated heterocycles. The fraction of sp³-hybridized carbons (Fsp3) is 0.273. The standard InChI is InChI=1S/C33H33NO4/c1-24(2)22-26-14-12-25(13-15-26)8-5-6-21-38-28-18-16-27(17-19-28)33(37)30-23-34(20-7-11-32(35)36)31-10-4-3-9-29(30)31/h3-4,9-10,12-19,23-24H,7-8,11,20-22H2,1-2H3,(H,35,36). The highest BCUT2D eigenvalue weighted by molar-refractivity contribution is 6.16. The van der Waals surface area contributed by atoms with Crippen LogP contribution < -0.4 is 4.74 Å². The largest absolute Gasteiger partial charge is 0.481 e. The zero-order chi connectivity index (χ0) is 26.9. The quantitative estimate of drug-likeness (QED) is 0.184. The number of aromatic nitrogens is 1. The van der Waals surface area contributed by atoms with E-state index in [0.29, 0.717) is 42.2 Å². The molecule has 0 atom stereocenters. The highest BCUT2D eigenvalue weighted by atomic mass is 16.5. The molecule has 0 radical (unpaired) electrons. The Morgan fingerprint density at radius 3 is 2.34 bits per heavy atom. The first-order chi connectivity index (χ1) is 18.4. The number of nitrogens with zero attached hydrogens (tertiary/aromatic N) is 1. The second-order valence-corrected chi connectivity index (χ2v) is 9.84. The van der Waals surface area contributed by atoms with E-state index in [-0.39, 0.29) is 18.8 Å². The summed E-state index contributed by atoms with van der Waals surface area (Å²) in [5, 5.41) is 9.81. The summed E-state index contributed by atoms with van der Waals surface area (Å²) in [4.78, 5) is 24.2. The first-order valence-electron chi connectivity index (χ1n) is 13.0. The Morgan fingerprint density at radius 2 is 1.63 bits per heavy atom. The van der Waals surface area contributed by atoms with Crippen molar-refractivity contribution in [2.45, 2.75) is 46.1 Å². The smallest absolute Gasteiger partial charge is 0.303 e. The third kappa shape index (κ3) is 7.14. The Hall–Kier alpha value is -4.30. The molecule has 3 aromatic carbocycles. The van der Waals surface area contributed by atoms with Gasteiger partial charge in [0.05, 0.1) is 0 Å². The van der Waals surface area contributed by atoms with Crippen molar-refractivity contribution in [1.82, 2.24) is 4.57 Å². The molecule has 0 fully saturated rings. The molecule has 5 heteroatoms. The van der Waals surface area contributed by atoms with Gasteiger partial charge >= 0.3 is 5.97 Å². The van der Waals surface area contributed by atoms with Crippen LogP contribution in [-0.4, -0.2) is 28.0 Å².